The molecular weight excluding hydrogens is 233 g/mol. The first-order valence-electron chi connectivity index (χ1n) is 6.27. The largest absolute Gasteiger partial charge is 0.302 e. The molecule has 0 N–H and O–H groups in total. The molecule has 0 aliphatic carbocycles. The van der Waals surface area contributed by atoms with Gasteiger partial charge in [-0.15, -0.1) is 0 Å². The summed E-state index contributed by atoms with van der Waals surface area (Å²) in [7, 11) is 2.05. The molecule has 0 amide bonds. The summed E-state index contributed by atoms with van der Waals surface area (Å²) in [5.41, 5.74) is 0.783. The molecule has 0 aliphatic heterocycles. The first-order chi connectivity index (χ1) is 8.24. The van der Waals surface area contributed by atoms with Gasteiger partial charge in [-0.25, -0.2) is 4.39 Å². The molecule has 17 heavy (non-hydrogen) atoms. The van der Waals surface area contributed by atoms with Crippen LogP contribution in [0.25, 0.3) is 0 Å². The Hall–Kier alpha value is -0.540. The van der Waals surface area contributed by atoms with Crippen LogP contribution in [0.2, 0.25) is 0 Å². The number of thiol groups is 1. The van der Waals surface area contributed by atoms with Crippen LogP contribution < -0.4 is 0 Å². The summed E-state index contributed by atoms with van der Waals surface area (Å²) in [4.78, 5) is 2.18. The van der Waals surface area contributed by atoms with E-state index in [1.807, 2.05) is 19.2 Å². The minimum absolute atomic E-state index is 0.102. The molecule has 0 aromatic heterocycles. The highest BCUT2D eigenvalue weighted by Gasteiger charge is 2.04. The van der Waals surface area contributed by atoms with Crippen molar-refractivity contribution >= 4 is 12.6 Å². The molecule has 1 aromatic rings. The van der Waals surface area contributed by atoms with Gasteiger partial charge >= 0.3 is 0 Å². The Morgan fingerprint density at radius 1 is 1.12 bits per heavy atom. The SMILES string of the molecule is CN(CCCCCCS)Cc1ccccc1F. The fourth-order valence-corrected chi connectivity index (χ4v) is 2.07. The summed E-state index contributed by atoms with van der Waals surface area (Å²) >= 11 is 4.19. The molecule has 0 saturated carbocycles. The lowest BCUT2D eigenvalue weighted by Crippen LogP contribution is -2.19. The molecule has 0 unspecified atom stereocenters. The van der Waals surface area contributed by atoms with Crippen LogP contribution in [0.4, 0.5) is 4.39 Å². The van der Waals surface area contributed by atoms with Crippen molar-refractivity contribution in [1.29, 1.82) is 0 Å². The molecule has 1 nitrogen and oxygen atoms in total. The molecule has 0 spiro atoms. The highest BCUT2D eigenvalue weighted by atomic mass is 32.1. The summed E-state index contributed by atoms with van der Waals surface area (Å²) in [6.07, 6.45) is 4.86. The zero-order valence-electron chi connectivity index (χ0n) is 10.5. The van der Waals surface area contributed by atoms with Crippen LogP contribution in [0, 0.1) is 5.82 Å². The number of nitrogens with zero attached hydrogens (tertiary/aromatic N) is 1. The van der Waals surface area contributed by atoms with Gasteiger partial charge in [-0.05, 0) is 38.3 Å². The molecule has 0 heterocycles. The summed E-state index contributed by atoms with van der Waals surface area (Å²) in [6, 6.07) is 7.00. The number of unbranched alkanes of at least 4 members (excludes halogenated alkanes) is 3. The van der Waals surface area contributed by atoms with Gasteiger partial charge in [0.05, 0.1) is 0 Å². The monoisotopic (exact) mass is 255 g/mol. The average Bonchev–Trinajstić information content (AvgIpc) is 2.32. The second kappa shape index (κ2) is 8.54. The van der Waals surface area contributed by atoms with Crippen molar-refractivity contribution in [3.05, 3.63) is 35.6 Å². The van der Waals surface area contributed by atoms with E-state index < -0.39 is 0 Å². The first kappa shape index (κ1) is 14.5. The normalized spacial score (nSPS) is 11.1. The predicted molar refractivity (Wildman–Crippen MR) is 75.1 cm³/mol. The van der Waals surface area contributed by atoms with Crippen molar-refractivity contribution in [3.8, 4) is 0 Å². The fourth-order valence-electron chi connectivity index (χ4n) is 1.84. The van der Waals surface area contributed by atoms with Gasteiger partial charge in [-0.1, -0.05) is 31.0 Å². The van der Waals surface area contributed by atoms with Gasteiger partial charge in [0.25, 0.3) is 0 Å². The summed E-state index contributed by atoms with van der Waals surface area (Å²) in [6.45, 7) is 1.72. The summed E-state index contributed by atoms with van der Waals surface area (Å²) < 4.78 is 13.4. The van der Waals surface area contributed by atoms with Gasteiger partial charge < -0.3 is 4.90 Å². The lowest BCUT2D eigenvalue weighted by atomic mass is 10.1. The van der Waals surface area contributed by atoms with Crippen molar-refractivity contribution in [3.63, 3.8) is 0 Å². The topological polar surface area (TPSA) is 3.24 Å². The van der Waals surface area contributed by atoms with Crippen molar-refractivity contribution in [1.82, 2.24) is 4.90 Å². The Bertz CT molecular complexity index is 317. The standard InChI is InChI=1S/C14H22FNS/c1-16(10-6-2-3-7-11-17)12-13-8-4-5-9-14(13)15/h4-5,8-9,17H,2-3,6-7,10-12H2,1H3. The van der Waals surface area contributed by atoms with Gasteiger partial charge in [-0.3, -0.25) is 0 Å². The van der Waals surface area contributed by atoms with Crippen LogP contribution >= 0.6 is 12.6 Å². The Kier molecular flexibility index (Phi) is 7.29. The van der Waals surface area contributed by atoms with Crippen LogP contribution in [0.15, 0.2) is 24.3 Å². The van der Waals surface area contributed by atoms with Gasteiger partial charge in [0.15, 0.2) is 0 Å². The Morgan fingerprint density at radius 2 is 1.82 bits per heavy atom. The quantitative estimate of drug-likeness (QED) is 0.547. The van der Waals surface area contributed by atoms with E-state index in [1.54, 1.807) is 6.07 Å². The van der Waals surface area contributed by atoms with Gasteiger partial charge in [0.1, 0.15) is 5.82 Å². The highest BCUT2D eigenvalue weighted by Crippen LogP contribution is 2.10. The Morgan fingerprint density at radius 3 is 2.53 bits per heavy atom. The average molecular weight is 255 g/mol. The third-order valence-electron chi connectivity index (χ3n) is 2.85. The van der Waals surface area contributed by atoms with E-state index in [0.717, 1.165) is 17.9 Å². The fraction of sp³-hybridized carbons (Fsp3) is 0.571. The zero-order chi connectivity index (χ0) is 12.5. The molecule has 96 valence electrons. The maximum Gasteiger partial charge on any atom is 0.127 e. The lowest BCUT2D eigenvalue weighted by Gasteiger charge is -2.16. The van der Waals surface area contributed by atoms with E-state index >= 15 is 0 Å². The Balaban J connectivity index is 2.21. The third kappa shape index (κ3) is 6.08. The second-order valence-corrected chi connectivity index (χ2v) is 4.91. The lowest BCUT2D eigenvalue weighted by molar-refractivity contribution is 0.312. The number of rotatable bonds is 8. The van der Waals surface area contributed by atoms with Crippen LogP contribution in [-0.2, 0) is 6.54 Å². The molecule has 1 rings (SSSR count). The molecule has 0 bridgehead atoms. The number of hydrogen-bond donors (Lipinski definition) is 1. The van der Waals surface area contributed by atoms with E-state index in [0.29, 0.717) is 6.54 Å². The molecule has 0 fully saturated rings. The van der Waals surface area contributed by atoms with Crippen molar-refractivity contribution in [2.24, 2.45) is 0 Å². The van der Waals surface area contributed by atoms with Crippen LogP contribution in [-0.4, -0.2) is 24.2 Å². The van der Waals surface area contributed by atoms with Crippen LogP contribution in [0.5, 0.6) is 0 Å². The van der Waals surface area contributed by atoms with Crippen molar-refractivity contribution in [2.45, 2.75) is 32.2 Å². The minimum Gasteiger partial charge on any atom is -0.302 e. The number of benzene rings is 1. The molecule has 0 aliphatic rings. The van der Waals surface area contributed by atoms with Crippen LogP contribution in [0.3, 0.4) is 0 Å². The molecule has 3 heteroatoms. The van der Waals surface area contributed by atoms with Crippen LogP contribution in [0.1, 0.15) is 31.2 Å². The maximum absolute atomic E-state index is 13.4. The second-order valence-electron chi connectivity index (χ2n) is 4.47. The molecule has 0 atom stereocenters. The zero-order valence-corrected chi connectivity index (χ0v) is 11.4. The summed E-state index contributed by atoms with van der Waals surface area (Å²) in [5.74, 6) is 0.875. The molecule has 0 radical (unpaired) electrons. The van der Waals surface area contributed by atoms with Gasteiger partial charge in [0.2, 0.25) is 0 Å². The summed E-state index contributed by atoms with van der Waals surface area (Å²) in [5, 5.41) is 0. The molecular formula is C14H22FNS. The van der Waals surface area contributed by atoms with Crippen molar-refractivity contribution < 1.29 is 4.39 Å². The molecule has 1 aromatic carbocycles. The van der Waals surface area contributed by atoms with Crippen molar-refractivity contribution in [2.75, 3.05) is 19.3 Å². The Labute approximate surface area is 109 Å². The third-order valence-corrected chi connectivity index (χ3v) is 3.16. The van der Waals surface area contributed by atoms with E-state index in [9.17, 15) is 4.39 Å². The van der Waals surface area contributed by atoms with E-state index in [4.69, 9.17) is 0 Å². The van der Waals surface area contributed by atoms with Gasteiger partial charge in [0, 0.05) is 12.1 Å². The van der Waals surface area contributed by atoms with E-state index in [-0.39, 0.29) is 5.82 Å². The minimum atomic E-state index is -0.102. The number of halogens is 1. The maximum atomic E-state index is 13.4. The number of hydrogen-bond acceptors (Lipinski definition) is 2. The van der Waals surface area contributed by atoms with E-state index in [1.165, 1.54) is 31.7 Å². The molecule has 0 saturated heterocycles. The smallest absolute Gasteiger partial charge is 0.127 e. The van der Waals surface area contributed by atoms with E-state index in [2.05, 4.69) is 17.5 Å². The van der Waals surface area contributed by atoms with Gasteiger partial charge in [-0.2, -0.15) is 12.6 Å². The highest BCUT2D eigenvalue weighted by molar-refractivity contribution is 7.80. The first-order valence-corrected chi connectivity index (χ1v) is 6.90. The predicted octanol–water partition coefficient (Wildman–Crippen LogP) is 3.75.